The van der Waals surface area contributed by atoms with Crippen molar-refractivity contribution in [1.82, 2.24) is 5.32 Å². The number of quaternary nitrogens is 1. The molecule has 0 aromatic heterocycles. The van der Waals surface area contributed by atoms with Crippen LogP contribution in [0.15, 0.2) is 60.8 Å². The van der Waals surface area contributed by atoms with Gasteiger partial charge in [-0.05, 0) is 57.8 Å². The predicted molar refractivity (Wildman–Crippen MR) is 321 cm³/mol. The first-order valence-electron chi connectivity index (χ1n) is 31.6. The second-order valence-electron chi connectivity index (χ2n) is 22.7. The largest absolute Gasteiger partial charge is 0.756 e. The number of hydrogen-bond donors (Lipinski definition) is 2. The molecule has 0 saturated heterocycles. The summed E-state index contributed by atoms with van der Waals surface area (Å²) in [5.74, 6) is -0.169. The number of phosphoric ester groups is 1. The van der Waals surface area contributed by atoms with Gasteiger partial charge in [0.25, 0.3) is 7.82 Å². The van der Waals surface area contributed by atoms with Crippen LogP contribution in [0.1, 0.15) is 296 Å². The molecule has 0 aromatic rings. The number of aliphatic hydroxyl groups excluding tert-OH is 1. The summed E-state index contributed by atoms with van der Waals surface area (Å²) in [6.07, 6.45) is 75.5. The topological polar surface area (TPSA) is 108 Å². The van der Waals surface area contributed by atoms with E-state index in [0.717, 1.165) is 77.0 Å². The fourth-order valence-electron chi connectivity index (χ4n) is 9.36. The van der Waals surface area contributed by atoms with E-state index in [4.69, 9.17) is 9.05 Å². The minimum atomic E-state index is -4.58. The van der Waals surface area contributed by atoms with Crippen molar-refractivity contribution in [3.8, 4) is 0 Å². The highest BCUT2D eigenvalue weighted by Gasteiger charge is 2.24. The van der Waals surface area contributed by atoms with Crippen molar-refractivity contribution in [2.75, 3.05) is 40.9 Å². The van der Waals surface area contributed by atoms with Crippen molar-refractivity contribution in [3.05, 3.63) is 60.8 Å². The number of allylic oxidation sites excluding steroid dienone is 10. The van der Waals surface area contributed by atoms with Gasteiger partial charge in [-0.3, -0.25) is 9.36 Å². The van der Waals surface area contributed by atoms with Crippen molar-refractivity contribution < 1.29 is 32.9 Å². The van der Waals surface area contributed by atoms with Crippen LogP contribution in [0, 0.1) is 0 Å². The number of aliphatic hydroxyl groups is 1. The molecular formula is C65H123N2O6P. The molecule has 0 aromatic carbocycles. The van der Waals surface area contributed by atoms with E-state index in [1.807, 2.05) is 21.1 Å². The Hall–Kier alpha value is -1.80. The molecule has 3 atom stereocenters. The maximum absolute atomic E-state index is 13.0. The molecule has 9 heteroatoms. The number of carbonyl (C=O) groups excluding carboxylic acids is 1. The van der Waals surface area contributed by atoms with E-state index in [9.17, 15) is 19.4 Å². The molecule has 0 bridgehead atoms. The zero-order chi connectivity index (χ0) is 54.2. The first kappa shape index (κ1) is 72.2. The van der Waals surface area contributed by atoms with E-state index in [0.29, 0.717) is 23.9 Å². The summed E-state index contributed by atoms with van der Waals surface area (Å²) in [5.41, 5.74) is 0. The normalized spacial score (nSPS) is 14.2. The summed E-state index contributed by atoms with van der Waals surface area (Å²) < 4.78 is 23.5. The summed E-state index contributed by atoms with van der Waals surface area (Å²) in [6, 6.07) is -0.809. The summed E-state index contributed by atoms with van der Waals surface area (Å²) in [6.45, 7) is 4.64. The number of unbranched alkanes of at least 4 members (excludes halogenated alkanes) is 35. The minimum Gasteiger partial charge on any atom is -0.756 e. The van der Waals surface area contributed by atoms with Crippen molar-refractivity contribution in [3.63, 3.8) is 0 Å². The van der Waals surface area contributed by atoms with Crippen LogP contribution in [0.3, 0.4) is 0 Å². The van der Waals surface area contributed by atoms with E-state index < -0.39 is 20.0 Å². The molecule has 0 aliphatic carbocycles. The van der Waals surface area contributed by atoms with Gasteiger partial charge in [-0.2, -0.15) is 0 Å². The highest BCUT2D eigenvalue weighted by molar-refractivity contribution is 7.45. The summed E-state index contributed by atoms with van der Waals surface area (Å²) in [5, 5.41) is 14.1. The number of carbonyl (C=O) groups is 1. The van der Waals surface area contributed by atoms with Gasteiger partial charge < -0.3 is 28.8 Å². The Labute approximate surface area is 460 Å². The third-order valence-corrected chi connectivity index (χ3v) is 15.2. The van der Waals surface area contributed by atoms with Crippen LogP contribution in [-0.2, 0) is 18.4 Å². The van der Waals surface area contributed by atoms with Gasteiger partial charge >= 0.3 is 0 Å². The van der Waals surface area contributed by atoms with Crippen LogP contribution < -0.4 is 10.2 Å². The van der Waals surface area contributed by atoms with Crippen molar-refractivity contribution in [2.45, 2.75) is 309 Å². The van der Waals surface area contributed by atoms with Crippen LogP contribution in [0.2, 0.25) is 0 Å². The molecule has 2 N–H and O–H groups in total. The number of rotatable bonds is 58. The zero-order valence-corrected chi connectivity index (χ0v) is 50.4. The molecule has 8 nitrogen and oxygen atoms in total. The van der Waals surface area contributed by atoms with Gasteiger partial charge in [0, 0.05) is 6.42 Å². The van der Waals surface area contributed by atoms with Gasteiger partial charge in [-0.15, -0.1) is 0 Å². The van der Waals surface area contributed by atoms with Crippen molar-refractivity contribution in [2.24, 2.45) is 0 Å². The van der Waals surface area contributed by atoms with Crippen LogP contribution >= 0.6 is 7.82 Å². The Kier molecular flexibility index (Phi) is 54.6. The SMILES string of the molecule is CC/C=C\C/C=C\C/C=C\C/C=C\C/C=C\CCCCCCCCCCCC(=O)NC(COP(=O)([O-])OCC[N+](C)(C)C)C(O)CCCCCCCCCCCCCCCCCCCCCCCCCCCCC. The van der Waals surface area contributed by atoms with Gasteiger partial charge in [-0.1, -0.05) is 293 Å². The monoisotopic (exact) mass is 1060 g/mol. The lowest BCUT2D eigenvalue weighted by atomic mass is 10.0. The third-order valence-electron chi connectivity index (χ3n) is 14.3. The lowest BCUT2D eigenvalue weighted by molar-refractivity contribution is -0.870. The molecule has 0 fully saturated rings. The second kappa shape index (κ2) is 55.9. The number of amides is 1. The maximum atomic E-state index is 13.0. The molecular weight excluding hydrogens is 936 g/mol. The van der Waals surface area contributed by atoms with Gasteiger partial charge in [0.1, 0.15) is 13.2 Å². The van der Waals surface area contributed by atoms with Crippen LogP contribution in [0.4, 0.5) is 0 Å². The van der Waals surface area contributed by atoms with Gasteiger partial charge in [0.2, 0.25) is 5.91 Å². The standard InChI is InChI=1S/C65H123N2O6P/c1-6-8-10-12-14-16-18-20-22-24-26-28-30-32-33-35-36-38-40-42-44-46-48-50-52-54-56-58-64(68)63(62-73-74(70,71)72-61-60-67(3,4)5)66-65(69)59-57-55-53-51-49-47-45-43-41-39-37-34-31-29-27-25-23-21-19-17-15-13-11-9-7-2/h9,11,15,17,21,23,27,29,34,37,63-64,68H,6-8,10,12-14,16,18-20,22,24-26,28,30-33,35-36,38-62H2,1-5H3,(H-,66,69,70,71)/b11-9-,17-15-,23-21-,29-27-,37-34-. The minimum absolute atomic E-state index is 0.00920. The van der Waals surface area contributed by atoms with Crippen LogP contribution in [-0.4, -0.2) is 68.5 Å². The lowest BCUT2D eigenvalue weighted by Gasteiger charge is -2.30. The second-order valence-corrected chi connectivity index (χ2v) is 24.2. The molecule has 0 spiro atoms. The highest BCUT2D eigenvalue weighted by atomic mass is 31.2. The fraction of sp³-hybridized carbons (Fsp3) is 0.831. The number of nitrogens with one attached hydrogen (secondary N) is 1. The molecule has 0 rings (SSSR count). The molecule has 0 saturated carbocycles. The Morgan fingerprint density at radius 1 is 0.486 bits per heavy atom. The van der Waals surface area contributed by atoms with Gasteiger partial charge in [-0.25, -0.2) is 0 Å². The molecule has 0 aliphatic heterocycles. The van der Waals surface area contributed by atoms with Crippen molar-refractivity contribution in [1.29, 1.82) is 0 Å². The van der Waals surface area contributed by atoms with E-state index in [1.165, 1.54) is 193 Å². The predicted octanol–water partition coefficient (Wildman–Crippen LogP) is 19.0. The first-order valence-corrected chi connectivity index (χ1v) is 33.1. The Balaban J connectivity index is 4.12. The number of likely N-dealkylation sites (N-methyl/N-ethyl adjacent to an activating group) is 1. The summed E-state index contributed by atoms with van der Waals surface area (Å²) >= 11 is 0. The maximum Gasteiger partial charge on any atom is 0.268 e. The number of hydrogen-bond acceptors (Lipinski definition) is 6. The Morgan fingerprint density at radius 3 is 1.20 bits per heavy atom. The Bertz CT molecular complexity index is 1390. The Morgan fingerprint density at radius 2 is 0.824 bits per heavy atom. The quantitative estimate of drug-likeness (QED) is 0.0272. The molecule has 74 heavy (non-hydrogen) atoms. The smallest absolute Gasteiger partial charge is 0.268 e. The van der Waals surface area contributed by atoms with E-state index in [2.05, 4.69) is 79.9 Å². The summed E-state index contributed by atoms with van der Waals surface area (Å²) in [4.78, 5) is 25.6. The third kappa shape index (κ3) is 57.9. The molecule has 0 radical (unpaired) electrons. The first-order chi connectivity index (χ1) is 36.0. The van der Waals surface area contributed by atoms with E-state index >= 15 is 0 Å². The van der Waals surface area contributed by atoms with Crippen molar-refractivity contribution >= 4 is 13.7 Å². The molecule has 3 unspecified atom stereocenters. The van der Waals surface area contributed by atoms with E-state index in [-0.39, 0.29) is 19.1 Å². The lowest BCUT2D eigenvalue weighted by Crippen LogP contribution is -2.46. The van der Waals surface area contributed by atoms with E-state index in [1.54, 1.807) is 0 Å². The molecule has 434 valence electrons. The number of nitrogens with zero attached hydrogens (tertiary/aromatic N) is 1. The molecule has 0 aliphatic rings. The fourth-order valence-corrected chi connectivity index (χ4v) is 10.1. The van der Waals surface area contributed by atoms with Gasteiger partial charge in [0.05, 0.1) is 39.9 Å². The highest BCUT2D eigenvalue weighted by Crippen LogP contribution is 2.38. The number of phosphoric acid groups is 1. The zero-order valence-electron chi connectivity index (χ0n) is 49.5. The molecule has 0 heterocycles. The average Bonchev–Trinajstić information content (AvgIpc) is 3.36. The van der Waals surface area contributed by atoms with Crippen LogP contribution in [0.25, 0.3) is 0 Å². The molecule has 1 amide bonds. The van der Waals surface area contributed by atoms with Gasteiger partial charge in [0.15, 0.2) is 0 Å². The van der Waals surface area contributed by atoms with Crippen LogP contribution in [0.5, 0.6) is 0 Å². The average molecular weight is 1060 g/mol. The summed E-state index contributed by atoms with van der Waals surface area (Å²) in [7, 11) is 1.30.